The predicted molar refractivity (Wildman–Crippen MR) is 108 cm³/mol. The first-order valence-corrected chi connectivity index (χ1v) is 9.19. The van der Waals surface area contributed by atoms with Crippen LogP contribution in [0.25, 0.3) is 0 Å². The molecule has 148 valence electrons. The van der Waals surface area contributed by atoms with E-state index in [1.807, 2.05) is 13.0 Å². The van der Waals surface area contributed by atoms with Crippen LogP contribution in [0, 0.1) is 13.8 Å². The average Bonchev–Trinajstić information content (AvgIpc) is 2.67. The number of ether oxygens (including phenoxy) is 1. The Balaban J connectivity index is 2.02. The van der Waals surface area contributed by atoms with Gasteiger partial charge in [0.25, 0.3) is 6.47 Å². The van der Waals surface area contributed by atoms with Crippen molar-refractivity contribution in [1.82, 2.24) is 4.90 Å². The topological polar surface area (TPSA) is 65.1 Å². The van der Waals surface area contributed by atoms with Crippen molar-refractivity contribution < 1.29 is 23.6 Å². The highest BCUT2D eigenvalue weighted by Crippen LogP contribution is 2.17. The van der Waals surface area contributed by atoms with Crippen molar-refractivity contribution in [3.63, 3.8) is 0 Å². The number of hydrogen-bond acceptors (Lipinski definition) is 6. The van der Waals surface area contributed by atoms with E-state index < -0.39 is 13.1 Å². The summed E-state index contributed by atoms with van der Waals surface area (Å²) in [7, 11) is 0.724. The van der Waals surface area contributed by atoms with Crippen molar-refractivity contribution in [2.45, 2.75) is 27.4 Å². The van der Waals surface area contributed by atoms with Crippen LogP contribution in [0.3, 0.4) is 0 Å². The Hall–Kier alpha value is -2.80. The molecule has 0 aromatic heterocycles. The number of aryl methyl sites for hydroxylation is 2. The molecule has 0 spiro atoms. The first kappa shape index (κ1) is 21.5. The van der Waals surface area contributed by atoms with Crippen molar-refractivity contribution in [3.05, 3.63) is 59.2 Å². The number of carbonyl (C=O) groups excluding carboxylic acids is 2. The van der Waals surface area contributed by atoms with E-state index >= 15 is 0 Å². The zero-order valence-electron chi connectivity index (χ0n) is 16.8. The van der Waals surface area contributed by atoms with Gasteiger partial charge in [0, 0.05) is 5.46 Å². The van der Waals surface area contributed by atoms with Crippen LogP contribution >= 0.6 is 0 Å². The largest absolute Gasteiger partial charge is 0.636 e. The molecule has 0 heterocycles. The smallest absolute Gasteiger partial charge is 0.498 e. The van der Waals surface area contributed by atoms with E-state index in [-0.39, 0.29) is 13.0 Å². The standard InChI is InChI=1S/C21H26BNO5/c1-5-23(4)13-21(25)28-22(27-15-24)18-9-11-19(12-10-18)26-14-20-16(2)7-6-8-17(20)3/h6-12,15H,5,13-14H2,1-4H3. The molecule has 7 heteroatoms. The van der Waals surface area contributed by atoms with Crippen molar-refractivity contribution in [1.29, 1.82) is 0 Å². The third-order valence-electron chi connectivity index (χ3n) is 4.54. The lowest BCUT2D eigenvalue weighted by Crippen LogP contribution is -2.41. The number of nitrogens with zero attached hydrogens (tertiary/aromatic N) is 1. The van der Waals surface area contributed by atoms with E-state index in [1.54, 1.807) is 36.2 Å². The van der Waals surface area contributed by atoms with E-state index in [9.17, 15) is 9.59 Å². The minimum Gasteiger partial charge on any atom is -0.498 e. The number of rotatable bonds is 10. The lowest BCUT2D eigenvalue weighted by atomic mass is 9.79. The maximum absolute atomic E-state index is 12.0. The Morgan fingerprint density at radius 2 is 1.75 bits per heavy atom. The van der Waals surface area contributed by atoms with Crippen LogP contribution in [-0.4, -0.2) is 44.6 Å². The second-order valence-corrected chi connectivity index (χ2v) is 6.61. The fourth-order valence-corrected chi connectivity index (χ4v) is 2.67. The van der Waals surface area contributed by atoms with Crippen LogP contribution in [0.5, 0.6) is 5.75 Å². The molecule has 2 aromatic carbocycles. The van der Waals surface area contributed by atoms with Gasteiger partial charge in [0.15, 0.2) is 0 Å². The van der Waals surface area contributed by atoms with Crippen molar-refractivity contribution in [3.8, 4) is 5.75 Å². The van der Waals surface area contributed by atoms with Gasteiger partial charge in [-0.05, 0) is 56.3 Å². The summed E-state index contributed by atoms with van der Waals surface area (Å²) in [6, 6.07) is 13.1. The predicted octanol–water partition coefficient (Wildman–Crippen LogP) is 2.25. The zero-order valence-corrected chi connectivity index (χ0v) is 16.8. The van der Waals surface area contributed by atoms with Crippen LogP contribution in [-0.2, 0) is 25.5 Å². The van der Waals surface area contributed by atoms with E-state index in [4.69, 9.17) is 14.0 Å². The second-order valence-electron chi connectivity index (χ2n) is 6.61. The van der Waals surface area contributed by atoms with Gasteiger partial charge in [-0.3, -0.25) is 14.5 Å². The monoisotopic (exact) mass is 383 g/mol. The van der Waals surface area contributed by atoms with Crippen molar-refractivity contribution in [2.75, 3.05) is 20.1 Å². The molecule has 2 aromatic rings. The quantitative estimate of drug-likeness (QED) is 0.463. The lowest BCUT2D eigenvalue weighted by molar-refractivity contribution is -0.137. The summed E-state index contributed by atoms with van der Waals surface area (Å²) in [6.07, 6.45) is 0. The summed E-state index contributed by atoms with van der Waals surface area (Å²) in [5.41, 5.74) is 4.07. The third-order valence-corrected chi connectivity index (χ3v) is 4.54. The van der Waals surface area contributed by atoms with Crippen molar-refractivity contribution in [2.24, 2.45) is 0 Å². The molecule has 0 bridgehead atoms. The Kier molecular flexibility index (Phi) is 8.08. The van der Waals surface area contributed by atoms with Crippen LogP contribution in [0.1, 0.15) is 23.6 Å². The molecule has 0 unspecified atom stereocenters. The summed E-state index contributed by atoms with van der Waals surface area (Å²) in [5.74, 6) is 0.208. The SMILES string of the molecule is CCN(C)CC(=O)OB(OC=O)c1ccc(OCc2c(C)cccc2C)cc1. The van der Waals surface area contributed by atoms with Gasteiger partial charge >= 0.3 is 13.1 Å². The fraction of sp³-hybridized carbons (Fsp3) is 0.333. The van der Waals surface area contributed by atoms with E-state index in [2.05, 4.69) is 26.0 Å². The lowest BCUT2D eigenvalue weighted by Gasteiger charge is -2.16. The molecular formula is C21H26BNO5. The van der Waals surface area contributed by atoms with Crippen LogP contribution in [0.15, 0.2) is 42.5 Å². The van der Waals surface area contributed by atoms with Crippen LogP contribution in [0.2, 0.25) is 0 Å². The molecule has 0 aliphatic heterocycles. The molecule has 0 aliphatic carbocycles. The van der Waals surface area contributed by atoms with Crippen molar-refractivity contribution >= 4 is 25.0 Å². The highest BCUT2D eigenvalue weighted by atomic mass is 16.6. The summed E-state index contributed by atoms with van der Waals surface area (Å²) >= 11 is 0. The molecule has 0 aliphatic rings. The fourth-order valence-electron chi connectivity index (χ4n) is 2.67. The molecule has 28 heavy (non-hydrogen) atoms. The van der Waals surface area contributed by atoms with E-state index in [0.717, 1.165) is 5.56 Å². The first-order valence-electron chi connectivity index (χ1n) is 9.19. The molecule has 0 atom stereocenters. The van der Waals surface area contributed by atoms with Gasteiger partial charge in [0.1, 0.15) is 12.4 Å². The highest BCUT2D eigenvalue weighted by molar-refractivity contribution is 6.63. The maximum atomic E-state index is 12.0. The Labute approximate surface area is 166 Å². The average molecular weight is 383 g/mol. The van der Waals surface area contributed by atoms with Gasteiger partial charge in [0.2, 0.25) is 0 Å². The van der Waals surface area contributed by atoms with Crippen LogP contribution < -0.4 is 10.2 Å². The molecule has 0 fully saturated rings. The number of likely N-dealkylation sites (N-methyl/N-ethyl adjacent to an activating group) is 1. The minimum atomic E-state index is -1.08. The molecule has 0 saturated carbocycles. The molecule has 2 rings (SSSR count). The van der Waals surface area contributed by atoms with E-state index in [0.29, 0.717) is 24.4 Å². The van der Waals surface area contributed by atoms with Gasteiger partial charge in [0.05, 0.1) is 6.54 Å². The molecular weight excluding hydrogens is 357 g/mol. The number of benzene rings is 2. The van der Waals surface area contributed by atoms with Gasteiger partial charge < -0.3 is 14.0 Å². The first-order chi connectivity index (χ1) is 13.4. The maximum Gasteiger partial charge on any atom is 0.636 e. The van der Waals surface area contributed by atoms with Gasteiger partial charge in [-0.15, -0.1) is 0 Å². The third kappa shape index (κ3) is 6.13. The highest BCUT2D eigenvalue weighted by Gasteiger charge is 2.28. The molecule has 0 radical (unpaired) electrons. The Bertz CT molecular complexity index is 774. The molecule has 0 N–H and O–H groups in total. The van der Waals surface area contributed by atoms with Crippen LogP contribution in [0.4, 0.5) is 0 Å². The van der Waals surface area contributed by atoms with Gasteiger partial charge in [-0.1, -0.05) is 37.3 Å². The summed E-state index contributed by atoms with van der Waals surface area (Å²) in [5, 5.41) is 0. The minimum absolute atomic E-state index is 0.117. The number of carbonyl (C=O) groups is 2. The Morgan fingerprint density at radius 3 is 2.32 bits per heavy atom. The zero-order chi connectivity index (χ0) is 20.5. The normalized spacial score (nSPS) is 10.5. The summed E-state index contributed by atoms with van der Waals surface area (Å²) in [6.45, 7) is 7.61. The van der Waals surface area contributed by atoms with Gasteiger partial charge in [-0.25, -0.2) is 0 Å². The summed E-state index contributed by atoms with van der Waals surface area (Å²) in [4.78, 5) is 24.6. The number of hydrogen-bond donors (Lipinski definition) is 0. The molecule has 0 saturated heterocycles. The second kappa shape index (κ2) is 10.5. The molecule has 0 amide bonds. The Morgan fingerprint density at radius 1 is 1.11 bits per heavy atom. The van der Waals surface area contributed by atoms with Gasteiger partial charge in [-0.2, -0.15) is 0 Å². The van der Waals surface area contributed by atoms with E-state index in [1.165, 1.54) is 11.1 Å². The molecule has 6 nitrogen and oxygen atoms in total. The summed E-state index contributed by atoms with van der Waals surface area (Å²) < 4.78 is 16.1.